The van der Waals surface area contributed by atoms with E-state index in [0.29, 0.717) is 10.8 Å². The highest BCUT2D eigenvalue weighted by Crippen LogP contribution is 2.43. The monoisotopic (exact) mass is 388 g/mol. The second-order valence-corrected chi connectivity index (χ2v) is 8.63. The number of rotatable bonds is 3. The fraction of sp³-hybridized carbons (Fsp3) is 0.450. The normalized spacial score (nSPS) is 23.0. The standard InChI is InChI=1S/C20H24N2O4S/c1-12-10-20(2,3)21(4)15-7-6-13(8-14(12)15)9-16-18(24)22(19(25)27-16)11-17(23)26-5/h6-9,12H,10-11H2,1-5H3/b16-9+/t12-/m0/s1. The van der Waals surface area contributed by atoms with E-state index in [1.807, 2.05) is 6.07 Å². The van der Waals surface area contributed by atoms with Crippen molar-refractivity contribution in [2.24, 2.45) is 0 Å². The van der Waals surface area contributed by atoms with Crippen molar-refractivity contribution < 1.29 is 19.1 Å². The summed E-state index contributed by atoms with van der Waals surface area (Å²) in [4.78, 5) is 39.4. The number of amides is 2. The van der Waals surface area contributed by atoms with Gasteiger partial charge in [-0.2, -0.15) is 0 Å². The number of benzene rings is 1. The van der Waals surface area contributed by atoms with Crippen LogP contribution in [0.2, 0.25) is 0 Å². The third-order valence-electron chi connectivity index (χ3n) is 5.34. The van der Waals surface area contributed by atoms with Gasteiger partial charge in [0.2, 0.25) is 0 Å². The lowest BCUT2D eigenvalue weighted by Gasteiger charge is -2.45. The minimum absolute atomic E-state index is 0.0878. The highest BCUT2D eigenvalue weighted by Gasteiger charge is 2.37. The summed E-state index contributed by atoms with van der Waals surface area (Å²) in [7, 11) is 3.33. The van der Waals surface area contributed by atoms with Crippen LogP contribution < -0.4 is 4.90 Å². The molecule has 6 nitrogen and oxygen atoms in total. The molecule has 2 aliphatic rings. The first-order valence-corrected chi connectivity index (χ1v) is 9.65. The second kappa shape index (κ2) is 7.03. The molecule has 3 rings (SSSR count). The zero-order valence-electron chi connectivity index (χ0n) is 16.2. The Hall–Kier alpha value is -2.28. The number of carbonyl (C=O) groups is 3. The first-order chi connectivity index (χ1) is 12.6. The van der Waals surface area contributed by atoms with Crippen molar-refractivity contribution in [3.8, 4) is 0 Å². The van der Waals surface area contributed by atoms with Crippen LogP contribution in [0.4, 0.5) is 10.5 Å². The fourth-order valence-corrected chi connectivity index (χ4v) is 4.50. The summed E-state index contributed by atoms with van der Waals surface area (Å²) in [6, 6.07) is 6.11. The van der Waals surface area contributed by atoms with Crippen molar-refractivity contribution >= 4 is 40.6 Å². The van der Waals surface area contributed by atoms with Crippen LogP contribution in [0.3, 0.4) is 0 Å². The molecule has 0 saturated carbocycles. The molecule has 0 radical (unpaired) electrons. The van der Waals surface area contributed by atoms with E-state index in [2.05, 4.69) is 49.6 Å². The lowest BCUT2D eigenvalue weighted by Crippen LogP contribution is -2.45. The number of thioether (sulfide) groups is 1. The second-order valence-electron chi connectivity index (χ2n) is 7.64. The molecule has 27 heavy (non-hydrogen) atoms. The van der Waals surface area contributed by atoms with Crippen molar-refractivity contribution in [2.75, 3.05) is 25.6 Å². The molecule has 0 aromatic heterocycles. The van der Waals surface area contributed by atoms with Crippen LogP contribution in [0.5, 0.6) is 0 Å². The van der Waals surface area contributed by atoms with Crippen LogP contribution in [0.15, 0.2) is 23.1 Å². The minimum atomic E-state index is -0.619. The molecule has 144 valence electrons. The van der Waals surface area contributed by atoms with Gasteiger partial charge in [0.15, 0.2) is 0 Å². The fourth-order valence-electron chi connectivity index (χ4n) is 3.67. The number of fused-ring (bicyclic) bond motifs is 1. The predicted octanol–water partition coefficient (Wildman–Crippen LogP) is 3.62. The van der Waals surface area contributed by atoms with Gasteiger partial charge in [0, 0.05) is 18.3 Å². The molecule has 0 bridgehead atoms. The molecule has 2 aliphatic heterocycles. The van der Waals surface area contributed by atoms with Gasteiger partial charge < -0.3 is 9.64 Å². The summed E-state index contributed by atoms with van der Waals surface area (Å²) in [5, 5.41) is -0.454. The van der Waals surface area contributed by atoms with Crippen molar-refractivity contribution in [3.63, 3.8) is 0 Å². The van der Waals surface area contributed by atoms with Gasteiger partial charge in [-0.3, -0.25) is 19.3 Å². The SMILES string of the molecule is COC(=O)CN1C(=O)S/C(=C/c2ccc3c(c2)[C@@H](C)CC(C)(C)N3C)C1=O. The molecule has 1 saturated heterocycles. The molecule has 2 amide bonds. The van der Waals surface area contributed by atoms with E-state index in [1.54, 1.807) is 6.08 Å². The molecule has 2 heterocycles. The summed E-state index contributed by atoms with van der Waals surface area (Å²) in [6.07, 6.45) is 2.75. The van der Waals surface area contributed by atoms with E-state index < -0.39 is 17.1 Å². The smallest absolute Gasteiger partial charge is 0.325 e. The Kier molecular flexibility index (Phi) is 5.08. The summed E-state index contributed by atoms with van der Waals surface area (Å²) < 4.78 is 4.54. The van der Waals surface area contributed by atoms with E-state index in [0.717, 1.165) is 28.6 Å². The Morgan fingerprint density at radius 1 is 1.37 bits per heavy atom. The predicted molar refractivity (Wildman–Crippen MR) is 107 cm³/mol. The van der Waals surface area contributed by atoms with E-state index in [-0.39, 0.29) is 12.1 Å². The van der Waals surface area contributed by atoms with Gasteiger partial charge in [0.05, 0.1) is 12.0 Å². The van der Waals surface area contributed by atoms with Crippen LogP contribution in [-0.2, 0) is 14.3 Å². The number of hydrogen-bond donors (Lipinski definition) is 0. The lowest BCUT2D eigenvalue weighted by atomic mass is 9.80. The quantitative estimate of drug-likeness (QED) is 0.582. The van der Waals surface area contributed by atoms with Gasteiger partial charge in [-0.15, -0.1) is 0 Å². The Morgan fingerprint density at radius 2 is 2.07 bits per heavy atom. The number of anilines is 1. The summed E-state index contributed by atoms with van der Waals surface area (Å²) in [6.45, 7) is 6.32. The molecular weight excluding hydrogens is 364 g/mol. The number of imide groups is 1. The largest absolute Gasteiger partial charge is 0.468 e. The minimum Gasteiger partial charge on any atom is -0.468 e. The molecule has 1 aromatic rings. The van der Waals surface area contributed by atoms with Crippen LogP contribution >= 0.6 is 11.8 Å². The molecular formula is C20H24N2O4S. The van der Waals surface area contributed by atoms with Gasteiger partial charge in [0.1, 0.15) is 6.54 Å². The molecule has 0 spiro atoms. The maximum atomic E-state index is 12.5. The third-order valence-corrected chi connectivity index (χ3v) is 6.25. The molecule has 0 unspecified atom stereocenters. The number of nitrogens with zero attached hydrogens (tertiary/aromatic N) is 2. The first-order valence-electron chi connectivity index (χ1n) is 8.84. The number of methoxy groups -OCH3 is 1. The third kappa shape index (κ3) is 3.60. The zero-order chi connectivity index (χ0) is 19.9. The number of hydrogen-bond acceptors (Lipinski definition) is 6. The summed E-state index contributed by atoms with van der Waals surface area (Å²) in [5.74, 6) is -0.680. The first kappa shape index (κ1) is 19.5. The maximum absolute atomic E-state index is 12.5. The van der Waals surface area contributed by atoms with E-state index in [4.69, 9.17) is 0 Å². The van der Waals surface area contributed by atoms with Crippen LogP contribution in [-0.4, -0.2) is 48.3 Å². The summed E-state index contributed by atoms with van der Waals surface area (Å²) >= 11 is 0.848. The number of ether oxygens (including phenoxy) is 1. The van der Waals surface area contributed by atoms with Gasteiger partial charge in [-0.25, -0.2) is 0 Å². The van der Waals surface area contributed by atoms with Crippen LogP contribution in [0.25, 0.3) is 6.08 Å². The average molecular weight is 388 g/mol. The van der Waals surface area contributed by atoms with Gasteiger partial charge in [-0.05, 0) is 67.3 Å². The van der Waals surface area contributed by atoms with E-state index in [9.17, 15) is 14.4 Å². The summed E-state index contributed by atoms with van der Waals surface area (Å²) in [5.41, 5.74) is 3.39. The van der Waals surface area contributed by atoms with E-state index in [1.165, 1.54) is 18.4 Å². The highest BCUT2D eigenvalue weighted by atomic mass is 32.2. The topological polar surface area (TPSA) is 66.9 Å². The molecule has 1 fully saturated rings. The molecule has 1 aromatic carbocycles. The van der Waals surface area contributed by atoms with Gasteiger partial charge in [0.25, 0.3) is 11.1 Å². The van der Waals surface area contributed by atoms with Crippen LogP contribution in [0, 0.1) is 0 Å². The molecule has 7 heteroatoms. The van der Waals surface area contributed by atoms with Crippen molar-refractivity contribution in [1.82, 2.24) is 4.90 Å². The molecule has 0 aliphatic carbocycles. The van der Waals surface area contributed by atoms with E-state index >= 15 is 0 Å². The molecule has 0 N–H and O–H groups in total. The van der Waals surface area contributed by atoms with Crippen molar-refractivity contribution in [3.05, 3.63) is 34.2 Å². The van der Waals surface area contributed by atoms with Crippen molar-refractivity contribution in [1.29, 1.82) is 0 Å². The van der Waals surface area contributed by atoms with Gasteiger partial charge >= 0.3 is 5.97 Å². The Bertz CT molecular complexity index is 846. The number of esters is 1. The molecule has 1 atom stereocenters. The Balaban J connectivity index is 1.89. The number of carbonyl (C=O) groups excluding carboxylic acids is 3. The Labute approximate surface area is 163 Å². The highest BCUT2D eigenvalue weighted by molar-refractivity contribution is 8.18. The lowest BCUT2D eigenvalue weighted by molar-refractivity contribution is -0.143. The van der Waals surface area contributed by atoms with Crippen LogP contribution in [0.1, 0.15) is 44.2 Å². The Morgan fingerprint density at radius 3 is 2.74 bits per heavy atom. The zero-order valence-corrected chi connectivity index (χ0v) is 17.1. The van der Waals surface area contributed by atoms with Crippen molar-refractivity contribution in [2.45, 2.75) is 38.6 Å². The average Bonchev–Trinajstić information content (AvgIpc) is 2.87. The maximum Gasteiger partial charge on any atom is 0.325 e. The van der Waals surface area contributed by atoms with Gasteiger partial charge in [-0.1, -0.05) is 13.0 Å².